The number of benzene rings is 1. The van der Waals surface area contributed by atoms with Crippen molar-refractivity contribution in [3.63, 3.8) is 0 Å². The zero-order valence-electron chi connectivity index (χ0n) is 18.1. The van der Waals surface area contributed by atoms with Crippen molar-refractivity contribution < 1.29 is 14.2 Å². The van der Waals surface area contributed by atoms with Crippen LogP contribution < -0.4 is 10.6 Å². The largest absolute Gasteiger partial charge is 0.396 e. The lowest BCUT2D eigenvalue weighted by atomic mass is 9.69. The number of ether oxygens (including phenoxy) is 1. The molecule has 30 heavy (non-hydrogen) atoms. The van der Waals surface area contributed by atoms with Gasteiger partial charge in [0, 0.05) is 37.1 Å². The maximum Gasteiger partial charge on any atom is 0.191 e. The molecule has 1 atom stereocenters. The highest BCUT2D eigenvalue weighted by Crippen LogP contribution is 2.39. The van der Waals surface area contributed by atoms with E-state index >= 15 is 0 Å². The molecular weight excluding hydrogens is 496 g/mol. The summed E-state index contributed by atoms with van der Waals surface area (Å²) in [6.45, 7) is 5.77. The maximum atomic E-state index is 13.9. The lowest BCUT2D eigenvalue weighted by Gasteiger charge is -2.38. The van der Waals surface area contributed by atoms with Crippen LogP contribution in [0.25, 0.3) is 0 Å². The van der Waals surface area contributed by atoms with Crippen molar-refractivity contribution >= 4 is 29.9 Å². The van der Waals surface area contributed by atoms with Crippen LogP contribution in [0.3, 0.4) is 0 Å². The highest BCUT2D eigenvalue weighted by Gasteiger charge is 2.36. The quantitative estimate of drug-likeness (QED) is 0.269. The molecule has 5 nitrogen and oxygen atoms in total. The molecule has 1 aliphatic carbocycles. The molecule has 3 N–H and O–H groups in total. The predicted molar refractivity (Wildman–Crippen MR) is 130 cm³/mol. The van der Waals surface area contributed by atoms with E-state index in [0.717, 1.165) is 50.5 Å². The van der Waals surface area contributed by atoms with Crippen molar-refractivity contribution in [3.8, 4) is 0 Å². The van der Waals surface area contributed by atoms with Gasteiger partial charge in [-0.3, -0.25) is 4.99 Å². The lowest BCUT2D eigenvalue weighted by Crippen LogP contribution is -2.47. The molecule has 2 aliphatic rings. The van der Waals surface area contributed by atoms with Crippen LogP contribution >= 0.6 is 24.0 Å². The molecule has 1 aromatic rings. The van der Waals surface area contributed by atoms with Crippen LogP contribution in [0.15, 0.2) is 29.3 Å². The van der Waals surface area contributed by atoms with E-state index in [1.54, 1.807) is 6.07 Å². The van der Waals surface area contributed by atoms with Gasteiger partial charge in [0.25, 0.3) is 0 Å². The normalized spacial score (nSPS) is 23.6. The highest BCUT2D eigenvalue weighted by atomic mass is 127. The molecule has 1 saturated carbocycles. The summed E-state index contributed by atoms with van der Waals surface area (Å²) in [6.07, 6.45) is 7.35. The highest BCUT2D eigenvalue weighted by molar-refractivity contribution is 14.0. The van der Waals surface area contributed by atoms with Gasteiger partial charge in [-0.25, -0.2) is 4.39 Å². The molecule has 3 rings (SSSR count). The number of aliphatic hydroxyl groups excluding tert-OH is 1. The van der Waals surface area contributed by atoms with Crippen LogP contribution in [-0.4, -0.2) is 50.5 Å². The van der Waals surface area contributed by atoms with Gasteiger partial charge in [0.15, 0.2) is 5.96 Å². The molecule has 2 fully saturated rings. The summed E-state index contributed by atoms with van der Waals surface area (Å²) in [6, 6.07) is 7.09. The van der Waals surface area contributed by atoms with E-state index in [0.29, 0.717) is 19.6 Å². The minimum atomic E-state index is -0.166. The van der Waals surface area contributed by atoms with Gasteiger partial charge in [-0.05, 0) is 50.3 Å². The van der Waals surface area contributed by atoms with Gasteiger partial charge in [0.05, 0.1) is 13.2 Å². The van der Waals surface area contributed by atoms with E-state index in [1.807, 2.05) is 6.07 Å². The van der Waals surface area contributed by atoms with E-state index in [4.69, 9.17) is 9.73 Å². The average molecular weight is 533 g/mol. The fourth-order valence-corrected chi connectivity index (χ4v) is 4.74. The number of aliphatic hydroxyl groups is 1. The van der Waals surface area contributed by atoms with Crippen molar-refractivity contribution in [1.29, 1.82) is 0 Å². The standard InChI is InChI=1S/C23H36FN3O2.HI/c1-2-25-21(26-16-22(11-13-28)12-14-29-18-22)27-17-23(9-4-3-5-10-23)19-7-6-8-20(24)15-19;/h6-8,15,28H,2-5,9-14,16-18H2,1H3,(H2,25,26,27);1H. The SMILES string of the molecule is CCNC(=NCC1(CCO)CCOC1)NCC1(c2cccc(F)c2)CCCCC1.I. The van der Waals surface area contributed by atoms with Gasteiger partial charge in [0.2, 0.25) is 0 Å². The molecule has 0 aromatic heterocycles. The number of rotatable bonds is 8. The Hall–Kier alpha value is -0.930. The van der Waals surface area contributed by atoms with E-state index in [9.17, 15) is 9.50 Å². The molecular formula is C23H37FIN3O2. The molecule has 1 heterocycles. The van der Waals surface area contributed by atoms with Gasteiger partial charge in [0.1, 0.15) is 5.82 Å². The van der Waals surface area contributed by atoms with Crippen LogP contribution in [-0.2, 0) is 10.2 Å². The summed E-state index contributed by atoms with van der Waals surface area (Å²) >= 11 is 0. The van der Waals surface area contributed by atoms with Crippen molar-refractivity contribution in [2.75, 3.05) is 39.5 Å². The molecule has 1 aliphatic heterocycles. The summed E-state index contributed by atoms with van der Waals surface area (Å²) in [7, 11) is 0. The maximum absolute atomic E-state index is 13.9. The summed E-state index contributed by atoms with van der Waals surface area (Å²) in [5.41, 5.74) is 0.958. The topological polar surface area (TPSA) is 65.9 Å². The smallest absolute Gasteiger partial charge is 0.191 e. The third-order valence-corrected chi connectivity index (χ3v) is 6.59. The number of nitrogens with zero attached hydrogens (tertiary/aromatic N) is 1. The van der Waals surface area contributed by atoms with Gasteiger partial charge >= 0.3 is 0 Å². The van der Waals surface area contributed by atoms with Crippen molar-refractivity contribution in [1.82, 2.24) is 10.6 Å². The lowest BCUT2D eigenvalue weighted by molar-refractivity contribution is 0.131. The second-order valence-electron chi connectivity index (χ2n) is 8.68. The van der Waals surface area contributed by atoms with Gasteiger partial charge < -0.3 is 20.5 Å². The first-order chi connectivity index (χ1) is 14.1. The predicted octanol–water partition coefficient (Wildman–Crippen LogP) is 3.99. The van der Waals surface area contributed by atoms with Crippen LogP contribution in [0.4, 0.5) is 4.39 Å². The molecule has 0 spiro atoms. The van der Waals surface area contributed by atoms with Crippen LogP contribution in [0.1, 0.15) is 57.4 Å². The second kappa shape index (κ2) is 12.2. The minimum Gasteiger partial charge on any atom is -0.396 e. The minimum absolute atomic E-state index is 0. The fourth-order valence-electron chi connectivity index (χ4n) is 4.74. The zero-order chi connectivity index (χ0) is 20.6. The Morgan fingerprint density at radius 3 is 2.63 bits per heavy atom. The van der Waals surface area contributed by atoms with E-state index in [2.05, 4.69) is 23.6 Å². The molecule has 170 valence electrons. The van der Waals surface area contributed by atoms with Crippen molar-refractivity contribution in [2.45, 2.75) is 57.3 Å². The summed E-state index contributed by atoms with van der Waals surface area (Å²) in [4.78, 5) is 4.84. The van der Waals surface area contributed by atoms with Crippen molar-refractivity contribution in [2.24, 2.45) is 10.4 Å². The van der Waals surface area contributed by atoms with Gasteiger partial charge in [-0.2, -0.15) is 0 Å². The van der Waals surface area contributed by atoms with Crippen LogP contribution in [0.5, 0.6) is 0 Å². The van der Waals surface area contributed by atoms with E-state index in [-0.39, 0.29) is 47.2 Å². The average Bonchev–Trinajstić information content (AvgIpc) is 3.20. The molecule has 0 amide bonds. The van der Waals surface area contributed by atoms with Crippen LogP contribution in [0, 0.1) is 11.2 Å². The Kier molecular flexibility index (Phi) is 10.3. The van der Waals surface area contributed by atoms with E-state index in [1.165, 1.54) is 25.3 Å². The molecule has 0 radical (unpaired) electrons. The third kappa shape index (κ3) is 6.53. The number of aliphatic imine (C=N–C) groups is 1. The van der Waals surface area contributed by atoms with Gasteiger partial charge in [-0.1, -0.05) is 31.4 Å². The van der Waals surface area contributed by atoms with Crippen LogP contribution in [0.2, 0.25) is 0 Å². The Labute approximate surface area is 197 Å². The van der Waals surface area contributed by atoms with Gasteiger partial charge in [-0.15, -0.1) is 24.0 Å². The Bertz CT molecular complexity index is 674. The Balaban J connectivity index is 0.00000320. The first-order valence-electron chi connectivity index (χ1n) is 11.1. The van der Waals surface area contributed by atoms with Crippen molar-refractivity contribution in [3.05, 3.63) is 35.6 Å². The number of nitrogens with one attached hydrogen (secondary N) is 2. The summed E-state index contributed by atoms with van der Waals surface area (Å²) in [5, 5.41) is 16.3. The van der Waals surface area contributed by atoms with E-state index < -0.39 is 0 Å². The summed E-state index contributed by atoms with van der Waals surface area (Å²) < 4.78 is 19.5. The molecule has 0 bridgehead atoms. The monoisotopic (exact) mass is 533 g/mol. The molecule has 1 saturated heterocycles. The Morgan fingerprint density at radius 1 is 1.20 bits per heavy atom. The number of hydrogen-bond donors (Lipinski definition) is 3. The fraction of sp³-hybridized carbons (Fsp3) is 0.696. The molecule has 1 unspecified atom stereocenters. The number of hydrogen-bond acceptors (Lipinski definition) is 3. The third-order valence-electron chi connectivity index (χ3n) is 6.59. The number of guanidine groups is 1. The first kappa shape index (κ1) is 25.3. The zero-order valence-corrected chi connectivity index (χ0v) is 20.4. The second-order valence-corrected chi connectivity index (χ2v) is 8.68. The Morgan fingerprint density at radius 2 is 2.00 bits per heavy atom. The summed E-state index contributed by atoms with van der Waals surface area (Å²) in [5.74, 6) is 0.623. The number of halogens is 2. The molecule has 7 heteroatoms. The molecule has 1 aromatic carbocycles. The first-order valence-corrected chi connectivity index (χ1v) is 11.1.